The maximum Gasteiger partial charge on any atom is 0.101 e. The summed E-state index contributed by atoms with van der Waals surface area (Å²) in [5, 5.41) is 1.59. The topological polar surface area (TPSA) is 48.1 Å². The zero-order chi connectivity index (χ0) is 11.5. The fourth-order valence-corrected chi connectivity index (χ4v) is 3.10. The van der Waals surface area contributed by atoms with Crippen molar-refractivity contribution >= 4 is 11.8 Å². The van der Waals surface area contributed by atoms with Gasteiger partial charge in [0.2, 0.25) is 0 Å². The lowest BCUT2D eigenvalue weighted by Gasteiger charge is -2.15. The first-order valence-corrected chi connectivity index (χ1v) is 6.53. The highest BCUT2D eigenvalue weighted by Gasteiger charge is 2.26. The van der Waals surface area contributed by atoms with Crippen LogP contribution < -0.4 is 5.73 Å². The lowest BCUT2D eigenvalue weighted by Crippen LogP contribution is -2.14. The molecule has 0 saturated carbocycles. The highest BCUT2D eigenvalue weighted by molar-refractivity contribution is 8.00. The van der Waals surface area contributed by atoms with E-state index in [0.29, 0.717) is 17.9 Å². The molecule has 0 spiro atoms. The van der Waals surface area contributed by atoms with Gasteiger partial charge in [-0.15, -0.1) is 0 Å². The van der Waals surface area contributed by atoms with E-state index in [1.54, 1.807) is 0 Å². The van der Waals surface area contributed by atoms with Crippen molar-refractivity contribution in [2.75, 3.05) is 6.61 Å². The minimum Gasteiger partial charge on any atom is -0.377 e. The molecule has 2 unspecified atom stereocenters. The van der Waals surface area contributed by atoms with Crippen LogP contribution in [-0.4, -0.2) is 22.9 Å². The molecule has 2 atom stereocenters. The van der Waals surface area contributed by atoms with Gasteiger partial charge in [-0.25, -0.2) is 4.98 Å². The third kappa shape index (κ3) is 2.56. The Morgan fingerprint density at radius 2 is 2.38 bits per heavy atom. The van der Waals surface area contributed by atoms with Crippen LogP contribution in [-0.2, 0) is 11.3 Å². The fourth-order valence-electron chi connectivity index (χ4n) is 1.83. The van der Waals surface area contributed by atoms with Crippen molar-refractivity contribution in [2.24, 2.45) is 5.73 Å². The number of nitrogens with zero attached hydrogens (tertiary/aromatic N) is 1. The summed E-state index contributed by atoms with van der Waals surface area (Å²) in [6.07, 6.45) is 1.42. The number of hydrogen-bond acceptors (Lipinski definition) is 4. The van der Waals surface area contributed by atoms with Gasteiger partial charge >= 0.3 is 0 Å². The van der Waals surface area contributed by atoms with Crippen LogP contribution in [0.5, 0.6) is 0 Å². The van der Waals surface area contributed by atoms with Crippen molar-refractivity contribution in [1.82, 2.24) is 4.98 Å². The summed E-state index contributed by atoms with van der Waals surface area (Å²) in [6.45, 7) is 5.56. The molecule has 1 aromatic heterocycles. The lowest BCUT2D eigenvalue weighted by molar-refractivity contribution is 0.127. The highest BCUT2D eigenvalue weighted by Crippen LogP contribution is 2.33. The van der Waals surface area contributed by atoms with Gasteiger partial charge in [0.05, 0.1) is 6.10 Å². The molecule has 0 radical (unpaired) electrons. The lowest BCUT2D eigenvalue weighted by atomic mass is 10.2. The Morgan fingerprint density at radius 3 is 3.00 bits per heavy atom. The van der Waals surface area contributed by atoms with E-state index in [4.69, 9.17) is 10.5 Å². The van der Waals surface area contributed by atoms with E-state index < -0.39 is 0 Å². The van der Waals surface area contributed by atoms with Crippen molar-refractivity contribution in [3.05, 3.63) is 23.4 Å². The third-order valence-corrected chi connectivity index (χ3v) is 4.37. The summed E-state index contributed by atoms with van der Waals surface area (Å²) >= 11 is 1.81. The van der Waals surface area contributed by atoms with Crippen LogP contribution in [0.4, 0.5) is 0 Å². The van der Waals surface area contributed by atoms with Gasteiger partial charge in [-0.1, -0.05) is 17.8 Å². The molecule has 0 amide bonds. The zero-order valence-corrected chi connectivity index (χ0v) is 10.6. The Labute approximate surface area is 101 Å². The number of ether oxygens (including phenoxy) is 1. The van der Waals surface area contributed by atoms with Crippen LogP contribution in [0.25, 0.3) is 0 Å². The number of aryl methyl sites for hydroxylation is 1. The zero-order valence-electron chi connectivity index (χ0n) is 9.77. The predicted octanol–water partition coefficient (Wildman–Crippen LogP) is 2.12. The summed E-state index contributed by atoms with van der Waals surface area (Å²) in [6, 6.07) is 4.09. The third-order valence-electron chi connectivity index (χ3n) is 2.87. The van der Waals surface area contributed by atoms with E-state index >= 15 is 0 Å². The Hall–Kier alpha value is -0.580. The molecule has 1 aliphatic heterocycles. The molecule has 2 rings (SSSR count). The first kappa shape index (κ1) is 11.9. The fraction of sp³-hybridized carbons (Fsp3) is 0.583. The molecule has 0 aromatic carbocycles. The second-order valence-corrected chi connectivity index (χ2v) is 5.37. The molecule has 2 heterocycles. The quantitative estimate of drug-likeness (QED) is 0.876. The smallest absolute Gasteiger partial charge is 0.101 e. The maximum absolute atomic E-state index is 5.73. The van der Waals surface area contributed by atoms with Crippen molar-refractivity contribution in [1.29, 1.82) is 0 Å². The number of aromatic nitrogens is 1. The van der Waals surface area contributed by atoms with E-state index in [1.165, 1.54) is 0 Å². The van der Waals surface area contributed by atoms with Crippen LogP contribution in [0.1, 0.15) is 24.6 Å². The SMILES string of the molecule is Cc1ccc(CN)c(SC2CCOC2C)n1. The first-order valence-electron chi connectivity index (χ1n) is 5.65. The second-order valence-electron chi connectivity index (χ2n) is 4.14. The van der Waals surface area contributed by atoms with Crippen LogP contribution in [0.15, 0.2) is 17.2 Å². The van der Waals surface area contributed by atoms with Crippen LogP contribution in [0.2, 0.25) is 0 Å². The molecule has 1 fully saturated rings. The minimum absolute atomic E-state index is 0.318. The Bertz CT molecular complexity index is 370. The van der Waals surface area contributed by atoms with Gasteiger partial charge in [0.15, 0.2) is 0 Å². The van der Waals surface area contributed by atoms with E-state index in [2.05, 4.69) is 18.0 Å². The minimum atomic E-state index is 0.318. The highest BCUT2D eigenvalue weighted by atomic mass is 32.2. The molecule has 1 saturated heterocycles. The first-order chi connectivity index (χ1) is 7.70. The normalized spacial score (nSPS) is 24.9. The van der Waals surface area contributed by atoms with Gasteiger partial charge in [0.25, 0.3) is 0 Å². The van der Waals surface area contributed by atoms with Crippen LogP contribution in [0.3, 0.4) is 0 Å². The Morgan fingerprint density at radius 1 is 1.56 bits per heavy atom. The van der Waals surface area contributed by atoms with Crippen LogP contribution in [0, 0.1) is 6.92 Å². The molecule has 0 aliphatic carbocycles. The van der Waals surface area contributed by atoms with Crippen molar-refractivity contribution in [2.45, 2.75) is 43.2 Å². The van der Waals surface area contributed by atoms with Gasteiger partial charge in [-0.05, 0) is 31.9 Å². The number of thioether (sulfide) groups is 1. The van der Waals surface area contributed by atoms with Crippen LogP contribution >= 0.6 is 11.8 Å². The van der Waals surface area contributed by atoms with Gasteiger partial charge in [0, 0.05) is 24.1 Å². The van der Waals surface area contributed by atoms with Gasteiger partial charge in [-0.3, -0.25) is 0 Å². The largest absolute Gasteiger partial charge is 0.377 e. The summed E-state index contributed by atoms with van der Waals surface area (Å²) in [5.74, 6) is 0. The summed E-state index contributed by atoms with van der Waals surface area (Å²) in [4.78, 5) is 4.57. The molecular weight excluding hydrogens is 220 g/mol. The van der Waals surface area contributed by atoms with Gasteiger partial charge in [-0.2, -0.15) is 0 Å². The van der Waals surface area contributed by atoms with Crippen molar-refractivity contribution < 1.29 is 4.74 Å². The standard InChI is InChI=1S/C12H18N2OS/c1-8-3-4-10(7-13)12(14-8)16-11-5-6-15-9(11)2/h3-4,9,11H,5-7,13H2,1-2H3. The molecule has 2 N–H and O–H groups in total. The van der Waals surface area contributed by atoms with E-state index in [-0.39, 0.29) is 0 Å². The molecule has 0 bridgehead atoms. The van der Waals surface area contributed by atoms with Gasteiger partial charge < -0.3 is 10.5 Å². The van der Waals surface area contributed by atoms with E-state index in [0.717, 1.165) is 29.3 Å². The average molecular weight is 238 g/mol. The molecule has 4 heteroatoms. The average Bonchev–Trinajstić information content (AvgIpc) is 2.65. The van der Waals surface area contributed by atoms with Crippen molar-refractivity contribution in [3.63, 3.8) is 0 Å². The summed E-state index contributed by atoms with van der Waals surface area (Å²) in [7, 11) is 0. The Kier molecular flexibility index (Phi) is 3.84. The van der Waals surface area contributed by atoms with Gasteiger partial charge in [0.1, 0.15) is 5.03 Å². The molecule has 3 nitrogen and oxygen atoms in total. The summed E-state index contributed by atoms with van der Waals surface area (Å²) < 4.78 is 5.56. The molecule has 88 valence electrons. The Balaban J connectivity index is 2.16. The predicted molar refractivity (Wildman–Crippen MR) is 66.5 cm³/mol. The number of nitrogens with two attached hydrogens (primary N) is 1. The van der Waals surface area contributed by atoms with E-state index in [1.807, 2.05) is 24.8 Å². The monoisotopic (exact) mass is 238 g/mol. The molecule has 1 aliphatic rings. The molecular formula is C12H18N2OS. The van der Waals surface area contributed by atoms with E-state index in [9.17, 15) is 0 Å². The summed E-state index contributed by atoms with van der Waals surface area (Å²) in [5.41, 5.74) is 7.91. The molecule has 16 heavy (non-hydrogen) atoms. The number of rotatable bonds is 3. The maximum atomic E-state index is 5.73. The second kappa shape index (κ2) is 5.17. The number of pyridine rings is 1. The van der Waals surface area contributed by atoms with Crippen molar-refractivity contribution in [3.8, 4) is 0 Å². The molecule has 1 aromatic rings. The number of hydrogen-bond donors (Lipinski definition) is 1.